The SMILES string of the molecule is CB(O)N1CCC[C@@H](CC=O)C1. The smallest absolute Gasteiger partial charge is 0.376 e. The van der Waals surface area contributed by atoms with E-state index in [2.05, 4.69) is 0 Å². The molecule has 1 atom stereocenters. The van der Waals surface area contributed by atoms with Crippen LogP contribution in [0.5, 0.6) is 0 Å². The zero-order chi connectivity index (χ0) is 8.97. The van der Waals surface area contributed by atoms with Crippen molar-refractivity contribution in [2.75, 3.05) is 13.1 Å². The molecule has 0 amide bonds. The van der Waals surface area contributed by atoms with E-state index in [1.807, 2.05) is 4.81 Å². The zero-order valence-corrected chi connectivity index (χ0v) is 7.57. The van der Waals surface area contributed by atoms with Crippen LogP contribution in [-0.2, 0) is 4.79 Å². The van der Waals surface area contributed by atoms with Gasteiger partial charge in [0.1, 0.15) is 6.29 Å². The minimum atomic E-state index is -0.362. The quantitative estimate of drug-likeness (QED) is 0.491. The van der Waals surface area contributed by atoms with E-state index in [-0.39, 0.29) is 7.05 Å². The van der Waals surface area contributed by atoms with E-state index < -0.39 is 0 Å². The maximum absolute atomic E-state index is 10.3. The molecule has 68 valence electrons. The van der Waals surface area contributed by atoms with Gasteiger partial charge in [0.2, 0.25) is 0 Å². The molecule has 1 aliphatic heterocycles. The molecule has 1 N–H and O–H groups in total. The Bertz CT molecular complexity index is 152. The lowest BCUT2D eigenvalue weighted by Crippen LogP contribution is -2.44. The Kier molecular flexibility index (Phi) is 3.75. The summed E-state index contributed by atoms with van der Waals surface area (Å²) in [5.41, 5.74) is 0. The van der Waals surface area contributed by atoms with Gasteiger partial charge in [-0.1, -0.05) is 0 Å². The van der Waals surface area contributed by atoms with Crippen LogP contribution in [-0.4, -0.2) is 36.3 Å². The van der Waals surface area contributed by atoms with E-state index in [0.717, 1.165) is 32.2 Å². The van der Waals surface area contributed by atoms with Crippen molar-refractivity contribution >= 4 is 13.3 Å². The molecular weight excluding hydrogens is 153 g/mol. The molecule has 1 saturated heterocycles. The highest BCUT2D eigenvalue weighted by molar-refractivity contribution is 6.45. The third-order valence-corrected chi connectivity index (χ3v) is 2.51. The average Bonchev–Trinajstić information content (AvgIpc) is 2.05. The van der Waals surface area contributed by atoms with Crippen LogP contribution in [0.25, 0.3) is 0 Å². The number of carbonyl (C=O) groups is 1. The molecule has 1 fully saturated rings. The van der Waals surface area contributed by atoms with Crippen molar-refractivity contribution in [1.82, 2.24) is 4.81 Å². The lowest BCUT2D eigenvalue weighted by Gasteiger charge is -2.32. The van der Waals surface area contributed by atoms with Crippen LogP contribution in [0.1, 0.15) is 19.3 Å². The number of piperidine rings is 1. The van der Waals surface area contributed by atoms with Crippen molar-refractivity contribution < 1.29 is 9.82 Å². The number of aldehydes is 1. The molecule has 0 unspecified atom stereocenters. The molecule has 0 aromatic carbocycles. The van der Waals surface area contributed by atoms with E-state index >= 15 is 0 Å². The molecule has 1 heterocycles. The third kappa shape index (κ3) is 2.61. The Morgan fingerprint density at radius 2 is 2.50 bits per heavy atom. The van der Waals surface area contributed by atoms with Crippen molar-refractivity contribution in [1.29, 1.82) is 0 Å². The van der Waals surface area contributed by atoms with Gasteiger partial charge in [0.15, 0.2) is 0 Å². The summed E-state index contributed by atoms with van der Waals surface area (Å²) in [6, 6.07) is 0. The molecule has 0 aromatic rings. The molecule has 0 saturated carbocycles. The van der Waals surface area contributed by atoms with Crippen molar-refractivity contribution in [3.63, 3.8) is 0 Å². The minimum Gasteiger partial charge on any atom is -0.437 e. The van der Waals surface area contributed by atoms with Crippen LogP contribution in [0.15, 0.2) is 0 Å². The van der Waals surface area contributed by atoms with Crippen molar-refractivity contribution in [3.8, 4) is 0 Å². The van der Waals surface area contributed by atoms with Crippen LogP contribution in [0.2, 0.25) is 6.82 Å². The van der Waals surface area contributed by atoms with Gasteiger partial charge in [-0.2, -0.15) is 0 Å². The van der Waals surface area contributed by atoms with Gasteiger partial charge in [-0.05, 0) is 38.7 Å². The van der Waals surface area contributed by atoms with Crippen LogP contribution in [0, 0.1) is 5.92 Å². The van der Waals surface area contributed by atoms with E-state index in [9.17, 15) is 9.82 Å². The van der Waals surface area contributed by atoms with Crippen molar-refractivity contribution in [3.05, 3.63) is 0 Å². The Labute approximate surface area is 73.9 Å². The minimum absolute atomic E-state index is 0.362. The second kappa shape index (κ2) is 4.62. The molecule has 0 bridgehead atoms. The highest BCUT2D eigenvalue weighted by atomic mass is 16.2. The lowest BCUT2D eigenvalue weighted by molar-refractivity contribution is -0.108. The molecule has 12 heavy (non-hydrogen) atoms. The van der Waals surface area contributed by atoms with Gasteiger partial charge in [0.05, 0.1) is 0 Å². The fourth-order valence-corrected chi connectivity index (χ4v) is 1.77. The summed E-state index contributed by atoms with van der Waals surface area (Å²) >= 11 is 0. The van der Waals surface area contributed by atoms with Gasteiger partial charge in [-0.15, -0.1) is 0 Å². The van der Waals surface area contributed by atoms with E-state index in [0.29, 0.717) is 12.3 Å². The van der Waals surface area contributed by atoms with Gasteiger partial charge in [-0.3, -0.25) is 0 Å². The average molecular weight is 169 g/mol. The lowest BCUT2D eigenvalue weighted by atomic mass is 9.80. The van der Waals surface area contributed by atoms with E-state index in [1.54, 1.807) is 6.82 Å². The fraction of sp³-hybridized carbons (Fsp3) is 0.875. The van der Waals surface area contributed by atoms with Gasteiger partial charge >= 0.3 is 7.05 Å². The second-order valence-electron chi connectivity index (χ2n) is 3.54. The molecule has 1 aliphatic rings. The Morgan fingerprint density at radius 3 is 3.08 bits per heavy atom. The summed E-state index contributed by atoms with van der Waals surface area (Å²) in [6.45, 7) is 3.62. The fourth-order valence-electron chi connectivity index (χ4n) is 1.77. The zero-order valence-electron chi connectivity index (χ0n) is 7.57. The van der Waals surface area contributed by atoms with Gasteiger partial charge < -0.3 is 14.6 Å². The van der Waals surface area contributed by atoms with Gasteiger partial charge in [0, 0.05) is 6.42 Å². The highest BCUT2D eigenvalue weighted by Gasteiger charge is 2.24. The first kappa shape index (κ1) is 9.74. The molecule has 0 aromatic heterocycles. The number of hydrogen-bond acceptors (Lipinski definition) is 3. The summed E-state index contributed by atoms with van der Waals surface area (Å²) in [7, 11) is -0.362. The van der Waals surface area contributed by atoms with Crippen molar-refractivity contribution in [2.24, 2.45) is 5.92 Å². The normalized spacial score (nSPS) is 25.3. The molecular formula is C8H16BNO2. The van der Waals surface area contributed by atoms with Crippen LogP contribution < -0.4 is 0 Å². The molecule has 3 nitrogen and oxygen atoms in total. The Morgan fingerprint density at radius 1 is 1.75 bits per heavy atom. The first-order chi connectivity index (χ1) is 5.74. The topological polar surface area (TPSA) is 40.5 Å². The second-order valence-corrected chi connectivity index (χ2v) is 3.54. The van der Waals surface area contributed by atoms with Crippen molar-refractivity contribution in [2.45, 2.75) is 26.1 Å². The van der Waals surface area contributed by atoms with E-state index in [1.165, 1.54) is 0 Å². The summed E-state index contributed by atoms with van der Waals surface area (Å²) in [6.07, 6.45) is 3.85. The maximum Gasteiger partial charge on any atom is 0.376 e. The molecule has 4 heteroatoms. The van der Waals surface area contributed by atoms with Crippen LogP contribution >= 0.6 is 0 Å². The predicted octanol–water partition coefficient (Wildman–Crippen LogP) is 0.398. The number of rotatable bonds is 3. The number of hydrogen-bond donors (Lipinski definition) is 1. The summed E-state index contributed by atoms with van der Waals surface area (Å²) < 4.78 is 0. The maximum atomic E-state index is 10.3. The number of carbonyl (C=O) groups excluding carboxylic acids is 1. The summed E-state index contributed by atoms with van der Waals surface area (Å²) in [5.74, 6) is 0.464. The van der Waals surface area contributed by atoms with Crippen LogP contribution in [0.4, 0.5) is 0 Å². The predicted molar refractivity (Wildman–Crippen MR) is 48.8 cm³/mol. The van der Waals surface area contributed by atoms with Gasteiger partial charge in [-0.25, -0.2) is 0 Å². The molecule has 0 aliphatic carbocycles. The van der Waals surface area contributed by atoms with Crippen LogP contribution in [0.3, 0.4) is 0 Å². The largest absolute Gasteiger partial charge is 0.437 e. The highest BCUT2D eigenvalue weighted by Crippen LogP contribution is 2.18. The summed E-state index contributed by atoms with van der Waals surface area (Å²) in [5, 5.41) is 9.30. The summed E-state index contributed by atoms with van der Waals surface area (Å²) in [4.78, 5) is 12.3. The molecule has 0 radical (unpaired) electrons. The van der Waals surface area contributed by atoms with E-state index in [4.69, 9.17) is 0 Å². The van der Waals surface area contributed by atoms with Gasteiger partial charge in [0.25, 0.3) is 0 Å². The Balaban J connectivity index is 2.34. The third-order valence-electron chi connectivity index (χ3n) is 2.51. The number of nitrogens with zero attached hydrogens (tertiary/aromatic N) is 1. The monoisotopic (exact) mass is 169 g/mol. The first-order valence-corrected chi connectivity index (χ1v) is 4.59. The standard InChI is InChI=1S/C8H16BNO2/c1-9(12)10-5-2-3-8(7-10)4-6-11/h6,8,12H,2-5,7H2,1H3/t8-/m0/s1. The Hall–Kier alpha value is -0.345. The molecule has 0 spiro atoms. The molecule has 1 rings (SSSR count). The first-order valence-electron chi connectivity index (χ1n) is 4.59.